The highest BCUT2D eigenvalue weighted by Gasteiger charge is 2.05. The number of hydrogen-bond donors (Lipinski definition) is 2. The maximum absolute atomic E-state index is 11.3. The molecule has 0 aliphatic heterocycles. The van der Waals surface area contributed by atoms with Gasteiger partial charge in [0.25, 0.3) is 0 Å². The van der Waals surface area contributed by atoms with E-state index in [0.29, 0.717) is 6.42 Å². The van der Waals surface area contributed by atoms with Crippen LogP contribution in [-0.4, -0.2) is 28.2 Å². The van der Waals surface area contributed by atoms with E-state index in [2.05, 4.69) is 5.32 Å². The van der Waals surface area contributed by atoms with Gasteiger partial charge in [0.1, 0.15) is 0 Å². The van der Waals surface area contributed by atoms with Crippen LogP contribution in [0.5, 0.6) is 0 Å². The molecule has 1 heterocycles. The van der Waals surface area contributed by atoms with Gasteiger partial charge in [0.05, 0.1) is 6.61 Å². The van der Waals surface area contributed by atoms with Crippen molar-refractivity contribution in [1.29, 1.82) is 0 Å². The Kier molecular flexibility index (Phi) is 4.90. The minimum absolute atomic E-state index is 0.00343. The zero-order chi connectivity index (χ0) is 11.1. The van der Waals surface area contributed by atoms with Gasteiger partial charge in [0.15, 0.2) is 0 Å². The minimum atomic E-state index is -0.149. The number of nitrogens with zero attached hydrogens (tertiary/aromatic N) is 1. The quantitative estimate of drug-likeness (QED) is 0.728. The minimum Gasteiger partial charge on any atom is -0.394 e. The van der Waals surface area contributed by atoms with Gasteiger partial charge < -0.3 is 15.0 Å². The van der Waals surface area contributed by atoms with E-state index >= 15 is 0 Å². The molecule has 1 rings (SSSR count). The predicted octanol–water partition coefficient (Wildman–Crippen LogP) is 0.765. The molecular formula is C11H18N2O2. The van der Waals surface area contributed by atoms with Crippen molar-refractivity contribution in [2.24, 2.45) is 0 Å². The number of aliphatic hydroxyl groups is 1. The van der Waals surface area contributed by atoms with Crippen molar-refractivity contribution in [2.75, 3.05) is 6.61 Å². The highest BCUT2D eigenvalue weighted by molar-refractivity contribution is 5.76. The molecule has 0 aliphatic carbocycles. The second kappa shape index (κ2) is 6.24. The standard InChI is InChI=1S/C11H18N2O2/c1-10(9-14)12-11(15)5-4-8-13-6-2-3-7-13/h2-3,6-7,10,14H,4-5,8-9H2,1H3,(H,12,15)/t10-/m0/s1. The molecule has 0 aliphatic rings. The number of carbonyl (C=O) groups is 1. The molecule has 1 amide bonds. The lowest BCUT2D eigenvalue weighted by molar-refractivity contribution is -0.122. The number of amides is 1. The van der Waals surface area contributed by atoms with Gasteiger partial charge in [-0.25, -0.2) is 0 Å². The van der Waals surface area contributed by atoms with Crippen LogP contribution in [0.2, 0.25) is 0 Å². The monoisotopic (exact) mass is 210 g/mol. The van der Waals surface area contributed by atoms with Crippen molar-refractivity contribution in [3.05, 3.63) is 24.5 Å². The molecule has 0 fully saturated rings. The van der Waals surface area contributed by atoms with E-state index in [1.54, 1.807) is 6.92 Å². The SMILES string of the molecule is C[C@@H](CO)NC(=O)CCCn1cccc1. The molecule has 0 bridgehead atoms. The lowest BCUT2D eigenvalue weighted by Gasteiger charge is -2.10. The van der Waals surface area contributed by atoms with Crippen LogP contribution in [0.4, 0.5) is 0 Å². The van der Waals surface area contributed by atoms with Crippen LogP contribution < -0.4 is 5.32 Å². The lowest BCUT2D eigenvalue weighted by atomic mass is 10.2. The molecule has 0 saturated heterocycles. The molecule has 0 unspecified atom stereocenters. The van der Waals surface area contributed by atoms with Crippen LogP contribution in [-0.2, 0) is 11.3 Å². The maximum Gasteiger partial charge on any atom is 0.220 e. The van der Waals surface area contributed by atoms with Gasteiger partial charge in [-0.05, 0) is 25.5 Å². The molecule has 0 spiro atoms. The van der Waals surface area contributed by atoms with Crippen molar-refractivity contribution in [3.8, 4) is 0 Å². The summed E-state index contributed by atoms with van der Waals surface area (Å²) in [7, 11) is 0. The first-order valence-corrected chi connectivity index (χ1v) is 5.23. The van der Waals surface area contributed by atoms with Crippen molar-refractivity contribution in [2.45, 2.75) is 32.4 Å². The van der Waals surface area contributed by atoms with Gasteiger partial charge in [0, 0.05) is 31.4 Å². The molecule has 0 aromatic carbocycles. The summed E-state index contributed by atoms with van der Waals surface area (Å²) in [5.74, 6) is 0.00343. The summed E-state index contributed by atoms with van der Waals surface area (Å²) in [6.45, 7) is 2.63. The second-order valence-corrected chi connectivity index (χ2v) is 3.68. The van der Waals surface area contributed by atoms with Crippen LogP contribution >= 0.6 is 0 Å². The van der Waals surface area contributed by atoms with E-state index in [9.17, 15) is 4.79 Å². The molecule has 0 saturated carbocycles. The van der Waals surface area contributed by atoms with Gasteiger partial charge in [-0.15, -0.1) is 0 Å². The first-order chi connectivity index (χ1) is 7.22. The van der Waals surface area contributed by atoms with E-state index < -0.39 is 0 Å². The highest BCUT2D eigenvalue weighted by Crippen LogP contribution is 1.97. The molecule has 0 radical (unpaired) electrons. The number of rotatable bonds is 6. The van der Waals surface area contributed by atoms with Crippen LogP contribution in [0, 0.1) is 0 Å². The van der Waals surface area contributed by atoms with Crippen molar-refractivity contribution < 1.29 is 9.90 Å². The van der Waals surface area contributed by atoms with Gasteiger partial charge in [-0.3, -0.25) is 4.79 Å². The Bertz CT molecular complexity index is 283. The Hall–Kier alpha value is -1.29. The summed E-state index contributed by atoms with van der Waals surface area (Å²) in [6.07, 6.45) is 5.28. The Balaban J connectivity index is 2.12. The summed E-state index contributed by atoms with van der Waals surface area (Å²) in [4.78, 5) is 11.3. The summed E-state index contributed by atoms with van der Waals surface area (Å²) >= 11 is 0. The fourth-order valence-electron chi connectivity index (χ4n) is 1.33. The van der Waals surface area contributed by atoms with Crippen LogP contribution in [0.3, 0.4) is 0 Å². The van der Waals surface area contributed by atoms with Gasteiger partial charge in [0.2, 0.25) is 5.91 Å². The third-order valence-corrected chi connectivity index (χ3v) is 2.17. The van der Waals surface area contributed by atoms with Crippen LogP contribution in [0.1, 0.15) is 19.8 Å². The average Bonchev–Trinajstić information content (AvgIpc) is 2.70. The first kappa shape index (κ1) is 11.8. The first-order valence-electron chi connectivity index (χ1n) is 5.23. The Morgan fingerprint density at radius 1 is 1.47 bits per heavy atom. The van der Waals surface area contributed by atoms with E-state index in [1.807, 2.05) is 29.1 Å². The number of aromatic nitrogens is 1. The smallest absolute Gasteiger partial charge is 0.220 e. The van der Waals surface area contributed by atoms with Crippen LogP contribution in [0.25, 0.3) is 0 Å². The zero-order valence-electron chi connectivity index (χ0n) is 9.02. The maximum atomic E-state index is 11.3. The van der Waals surface area contributed by atoms with Crippen molar-refractivity contribution >= 4 is 5.91 Å². The molecule has 84 valence electrons. The Labute approximate surface area is 89.9 Å². The van der Waals surface area contributed by atoms with Gasteiger partial charge in [-0.1, -0.05) is 0 Å². The highest BCUT2D eigenvalue weighted by atomic mass is 16.3. The zero-order valence-corrected chi connectivity index (χ0v) is 9.02. The third kappa shape index (κ3) is 4.65. The number of nitrogens with one attached hydrogen (secondary N) is 1. The molecule has 1 aromatic rings. The summed E-state index contributed by atoms with van der Waals surface area (Å²) < 4.78 is 2.04. The Morgan fingerprint density at radius 2 is 2.13 bits per heavy atom. The van der Waals surface area contributed by atoms with E-state index in [1.165, 1.54) is 0 Å². The number of hydrogen-bond acceptors (Lipinski definition) is 2. The predicted molar refractivity (Wildman–Crippen MR) is 58.4 cm³/mol. The number of aryl methyl sites for hydroxylation is 1. The summed E-state index contributed by atoms with van der Waals surface area (Å²) in [5, 5.41) is 11.5. The topological polar surface area (TPSA) is 54.3 Å². The molecule has 1 atom stereocenters. The van der Waals surface area contributed by atoms with E-state index in [-0.39, 0.29) is 18.6 Å². The second-order valence-electron chi connectivity index (χ2n) is 3.68. The van der Waals surface area contributed by atoms with Gasteiger partial charge in [-0.2, -0.15) is 0 Å². The summed E-state index contributed by atoms with van der Waals surface area (Å²) in [5.41, 5.74) is 0. The normalized spacial score (nSPS) is 12.4. The molecule has 2 N–H and O–H groups in total. The van der Waals surface area contributed by atoms with Crippen molar-refractivity contribution in [3.63, 3.8) is 0 Å². The fourth-order valence-corrected chi connectivity index (χ4v) is 1.33. The Morgan fingerprint density at radius 3 is 2.73 bits per heavy atom. The molecule has 4 nitrogen and oxygen atoms in total. The molecule has 4 heteroatoms. The van der Waals surface area contributed by atoms with Gasteiger partial charge >= 0.3 is 0 Å². The van der Waals surface area contributed by atoms with Crippen LogP contribution in [0.15, 0.2) is 24.5 Å². The largest absolute Gasteiger partial charge is 0.394 e. The third-order valence-electron chi connectivity index (χ3n) is 2.17. The van der Waals surface area contributed by atoms with Crippen molar-refractivity contribution in [1.82, 2.24) is 9.88 Å². The summed E-state index contributed by atoms with van der Waals surface area (Å²) in [6, 6.07) is 3.78. The molecule has 15 heavy (non-hydrogen) atoms. The van der Waals surface area contributed by atoms with E-state index in [4.69, 9.17) is 5.11 Å². The molecular weight excluding hydrogens is 192 g/mol. The number of carbonyl (C=O) groups excluding carboxylic acids is 1. The lowest BCUT2D eigenvalue weighted by Crippen LogP contribution is -2.34. The number of aliphatic hydroxyl groups excluding tert-OH is 1. The average molecular weight is 210 g/mol. The fraction of sp³-hybridized carbons (Fsp3) is 0.545. The van der Waals surface area contributed by atoms with E-state index in [0.717, 1.165) is 13.0 Å². The molecule has 1 aromatic heterocycles.